The third-order valence-corrected chi connectivity index (χ3v) is 7.45. The van der Waals surface area contributed by atoms with Crippen molar-refractivity contribution in [3.05, 3.63) is 70.6 Å². The zero-order chi connectivity index (χ0) is 23.3. The van der Waals surface area contributed by atoms with Gasteiger partial charge in [0, 0.05) is 5.69 Å². The van der Waals surface area contributed by atoms with E-state index < -0.39 is 22.0 Å². The van der Waals surface area contributed by atoms with Gasteiger partial charge in [0.25, 0.3) is 10.0 Å². The fourth-order valence-electron chi connectivity index (χ4n) is 2.71. The van der Waals surface area contributed by atoms with Gasteiger partial charge >= 0.3 is 11.9 Å². The summed E-state index contributed by atoms with van der Waals surface area (Å²) in [4.78, 5) is 24.2. The quantitative estimate of drug-likeness (QED) is 0.387. The number of anilines is 1. The minimum Gasteiger partial charge on any atom is -0.465 e. The van der Waals surface area contributed by atoms with E-state index in [2.05, 4.69) is 19.7 Å². The molecule has 0 bridgehead atoms. The normalized spacial score (nSPS) is 11.3. The van der Waals surface area contributed by atoms with E-state index in [-0.39, 0.29) is 25.9 Å². The first-order valence-corrected chi connectivity index (χ1v) is 11.5. The fourth-order valence-corrected chi connectivity index (χ4v) is 5.51. The van der Waals surface area contributed by atoms with Crippen molar-refractivity contribution < 1.29 is 27.5 Å². The molecule has 0 atom stereocenters. The summed E-state index contributed by atoms with van der Waals surface area (Å²) >= 11 is 0.638. The number of rotatable bonds is 7. The van der Waals surface area contributed by atoms with Crippen molar-refractivity contribution in [1.29, 1.82) is 0 Å². The molecule has 3 aromatic rings. The Morgan fingerprint density at radius 1 is 0.875 bits per heavy atom. The Morgan fingerprint density at radius 2 is 1.44 bits per heavy atom. The highest BCUT2D eigenvalue weighted by atomic mass is 32.2. The Labute approximate surface area is 188 Å². The van der Waals surface area contributed by atoms with Crippen LogP contribution in [0.25, 0.3) is 0 Å². The number of carbonyl (C=O) groups excluding carboxylic acids is 2. The van der Waals surface area contributed by atoms with E-state index in [0.29, 0.717) is 22.7 Å². The molecule has 0 fully saturated rings. The summed E-state index contributed by atoms with van der Waals surface area (Å²) in [6.45, 7) is 1.46. The number of thiophene rings is 1. The molecular formula is C21H19N3O6S2. The Morgan fingerprint density at radius 3 is 2.00 bits per heavy atom. The Balaban J connectivity index is 1.88. The number of carbonyl (C=O) groups is 2. The summed E-state index contributed by atoms with van der Waals surface area (Å²) in [5.41, 5.74) is 1.41. The maximum Gasteiger partial charge on any atom is 0.348 e. The molecule has 1 heterocycles. The van der Waals surface area contributed by atoms with Crippen LogP contribution in [0.2, 0.25) is 0 Å². The molecule has 1 aromatic heterocycles. The van der Waals surface area contributed by atoms with Crippen LogP contribution in [0.4, 0.5) is 17.1 Å². The molecule has 11 heteroatoms. The zero-order valence-corrected chi connectivity index (χ0v) is 19.0. The summed E-state index contributed by atoms with van der Waals surface area (Å²) < 4.78 is 37.5. The van der Waals surface area contributed by atoms with Crippen LogP contribution in [-0.4, -0.2) is 34.6 Å². The predicted octanol–water partition coefficient (Wildman–Crippen LogP) is 4.85. The van der Waals surface area contributed by atoms with E-state index >= 15 is 0 Å². The largest absolute Gasteiger partial charge is 0.465 e. The average molecular weight is 474 g/mol. The standard InChI is InChI=1S/C21H19N3O6S2/c1-13-17(19(25)29-2)21(31-18(13)20(26)30-3)32(27,28)24-16-11-9-15(10-12-16)23-22-14-7-5-4-6-8-14/h4-12,24H,1-3H3. The van der Waals surface area contributed by atoms with Gasteiger partial charge in [0.05, 0.1) is 31.2 Å². The highest BCUT2D eigenvalue weighted by molar-refractivity contribution is 7.94. The average Bonchev–Trinajstić information content (AvgIpc) is 3.16. The molecule has 0 radical (unpaired) electrons. The third-order valence-electron chi connectivity index (χ3n) is 4.28. The zero-order valence-electron chi connectivity index (χ0n) is 17.4. The molecule has 32 heavy (non-hydrogen) atoms. The van der Waals surface area contributed by atoms with Crippen molar-refractivity contribution in [2.75, 3.05) is 18.9 Å². The van der Waals surface area contributed by atoms with Gasteiger partial charge in [-0.15, -0.1) is 11.3 Å². The third kappa shape index (κ3) is 5.01. The molecule has 0 saturated carbocycles. The molecule has 0 unspecified atom stereocenters. The van der Waals surface area contributed by atoms with Gasteiger partial charge in [0.15, 0.2) is 4.21 Å². The number of benzene rings is 2. The summed E-state index contributed by atoms with van der Waals surface area (Å²) in [5, 5.41) is 8.20. The number of azo groups is 1. The molecule has 0 amide bonds. The van der Waals surface area contributed by atoms with Crippen LogP contribution in [0.3, 0.4) is 0 Å². The number of ether oxygens (including phenoxy) is 2. The molecule has 0 spiro atoms. The van der Waals surface area contributed by atoms with Crippen molar-refractivity contribution in [2.45, 2.75) is 11.1 Å². The van der Waals surface area contributed by atoms with E-state index in [9.17, 15) is 18.0 Å². The number of hydrogen-bond donors (Lipinski definition) is 1. The van der Waals surface area contributed by atoms with Gasteiger partial charge in [-0.2, -0.15) is 10.2 Å². The van der Waals surface area contributed by atoms with Gasteiger partial charge in [-0.05, 0) is 48.9 Å². The monoisotopic (exact) mass is 473 g/mol. The van der Waals surface area contributed by atoms with E-state index in [1.807, 2.05) is 18.2 Å². The number of hydrogen-bond acceptors (Lipinski definition) is 9. The maximum atomic E-state index is 13.0. The Kier molecular flexibility index (Phi) is 7.01. The lowest BCUT2D eigenvalue weighted by molar-refractivity contribution is 0.0596. The van der Waals surface area contributed by atoms with Gasteiger partial charge in [-0.1, -0.05) is 18.2 Å². The lowest BCUT2D eigenvalue weighted by atomic mass is 10.2. The highest BCUT2D eigenvalue weighted by Crippen LogP contribution is 2.34. The second-order valence-electron chi connectivity index (χ2n) is 6.39. The first-order chi connectivity index (χ1) is 15.3. The fraction of sp³-hybridized carbons (Fsp3) is 0.143. The molecule has 166 valence electrons. The van der Waals surface area contributed by atoms with Crippen molar-refractivity contribution in [1.82, 2.24) is 0 Å². The van der Waals surface area contributed by atoms with E-state index in [1.54, 1.807) is 24.3 Å². The van der Waals surface area contributed by atoms with Crippen LogP contribution in [-0.2, 0) is 19.5 Å². The van der Waals surface area contributed by atoms with E-state index in [1.165, 1.54) is 26.2 Å². The molecule has 9 nitrogen and oxygen atoms in total. The topological polar surface area (TPSA) is 123 Å². The first kappa shape index (κ1) is 23.1. The molecule has 2 aromatic carbocycles. The van der Waals surface area contributed by atoms with Crippen molar-refractivity contribution in [2.24, 2.45) is 10.2 Å². The van der Waals surface area contributed by atoms with Crippen molar-refractivity contribution in [3.8, 4) is 0 Å². The van der Waals surface area contributed by atoms with Crippen LogP contribution < -0.4 is 4.72 Å². The Hall–Kier alpha value is -3.57. The van der Waals surface area contributed by atoms with E-state index in [0.717, 1.165) is 7.11 Å². The number of sulfonamides is 1. The number of nitrogens with one attached hydrogen (secondary N) is 1. The molecule has 0 aliphatic rings. The van der Waals surface area contributed by atoms with Crippen LogP contribution in [0.1, 0.15) is 25.6 Å². The smallest absolute Gasteiger partial charge is 0.348 e. The molecule has 3 rings (SSSR count). The SMILES string of the molecule is COC(=O)c1sc(S(=O)(=O)Nc2ccc(N=Nc3ccccc3)cc2)c(C(=O)OC)c1C. The predicted molar refractivity (Wildman–Crippen MR) is 120 cm³/mol. The van der Waals surface area contributed by atoms with E-state index in [4.69, 9.17) is 4.74 Å². The van der Waals surface area contributed by atoms with Crippen LogP contribution in [0.5, 0.6) is 0 Å². The Bertz CT molecular complexity index is 1270. The molecule has 0 saturated heterocycles. The molecule has 0 aliphatic carbocycles. The number of nitrogens with zero attached hydrogens (tertiary/aromatic N) is 2. The second kappa shape index (κ2) is 9.71. The molecular weight excluding hydrogens is 454 g/mol. The lowest BCUT2D eigenvalue weighted by Gasteiger charge is -2.08. The minimum atomic E-state index is -4.20. The van der Waals surface area contributed by atoms with Gasteiger partial charge in [-0.25, -0.2) is 18.0 Å². The first-order valence-electron chi connectivity index (χ1n) is 9.16. The summed E-state index contributed by atoms with van der Waals surface area (Å²) in [7, 11) is -1.91. The van der Waals surface area contributed by atoms with Crippen molar-refractivity contribution in [3.63, 3.8) is 0 Å². The van der Waals surface area contributed by atoms with Gasteiger partial charge in [-0.3, -0.25) is 4.72 Å². The summed E-state index contributed by atoms with van der Waals surface area (Å²) in [6.07, 6.45) is 0. The summed E-state index contributed by atoms with van der Waals surface area (Å²) in [5.74, 6) is -1.61. The number of methoxy groups -OCH3 is 2. The summed E-state index contributed by atoms with van der Waals surface area (Å²) in [6, 6.07) is 15.4. The highest BCUT2D eigenvalue weighted by Gasteiger charge is 2.32. The molecule has 0 aliphatic heterocycles. The number of esters is 2. The van der Waals surface area contributed by atoms with Crippen LogP contribution >= 0.6 is 11.3 Å². The van der Waals surface area contributed by atoms with Gasteiger partial charge < -0.3 is 9.47 Å². The minimum absolute atomic E-state index is 0.00458. The van der Waals surface area contributed by atoms with Gasteiger partial charge in [0.2, 0.25) is 0 Å². The maximum absolute atomic E-state index is 13.0. The molecule has 1 N–H and O–H groups in total. The van der Waals surface area contributed by atoms with Gasteiger partial charge in [0.1, 0.15) is 4.88 Å². The second-order valence-corrected chi connectivity index (χ2v) is 9.29. The van der Waals surface area contributed by atoms with Crippen LogP contribution in [0.15, 0.2) is 69.0 Å². The van der Waals surface area contributed by atoms with Crippen molar-refractivity contribution >= 4 is 50.4 Å². The van der Waals surface area contributed by atoms with Crippen LogP contribution in [0, 0.1) is 6.92 Å². The lowest BCUT2D eigenvalue weighted by Crippen LogP contribution is -2.16.